The number of likely N-dealkylation sites (N-methyl/N-ethyl adjacent to an activating group) is 1. The van der Waals surface area contributed by atoms with E-state index >= 15 is 0 Å². The lowest BCUT2D eigenvalue weighted by Gasteiger charge is -2.20. The van der Waals surface area contributed by atoms with Crippen molar-refractivity contribution in [2.45, 2.75) is 104 Å². The van der Waals surface area contributed by atoms with Crippen LogP contribution in [0.5, 0.6) is 0 Å². The SMILES string of the molecule is CC(C)c1c(C(=O)Nc2ccccc2)c(-c2ccccc2)c(-c2ccc(F)cc2)n1CC[C@@H](O)C[C@@H](O)CC(=O)O.CCCCc1nc(C)c(CC(=S)N(C)C)c(=O)n1Cc1ccc(-c2ccccc2-c2nn[nH]n2)cc1. The van der Waals surface area contributed by atoms with Crippen molar-refractivity contribution >= 4 is 34.8 Å². The molecule has 3 aromatic heterocycles. The standard InChI is InChI=1S/C33H35FN2O5.C27H31N7OS/c1-21(2)31-30(33(41)35-25-11-7-4-8-12-25)29(22-9-5-3-6-10-22)32(23-13-15-24(34)16-14-23)36(31)18-17-26(37)19-27(38)20-28(39)40;1-5-6-11-24-28-18(2)23(16-25(36)33(3)4)27(35)34(24)17-19-12-14-20(15-13-19)21-9-7-8-10-22(21)26-29-31-32-30-26/h3-16,21,26-27,37-38H,17-20H2,1-2H3,(H,35,41)(H,39,40);7-10,12-15H,5-6,11,16-17H2,1-4H3,(H,29,30,31,32)/t26-,27-;/m1./s1. The van der Waals surface area contributed by atoms with Crippen LogP contribution in [-0.2, 0) is 30.7 Å². The van der Waals surface area contributed by atoms with E-state index in [9.17, 15) is 29.0 Å². The first-order valence-electron chi connectivity index (χ1n) is 25.8. The van der Waals surface area contributed by atoms with Gasteiger partial charge in [-0.2, -0.15) is 5.21 Å². The van der Waals surface area contributed by atoms with Gasteiger partial charge in [0, 0.05) is 67.2 Å². The van der Waals surface area contributed by atoms with Gasteiger partial charge >= 0.3 is 5.97 Å². The number of unbranched alkanes of at least 4 members (excludes halogenated alkanes) is 1. The van der Waals surface area contributed by atoms with Crippen LogP contribution >= 0.6 is 12.2 Å². The van der Waals surface area contributed by atoms with Crippen LogP contribution in [0.1, 0.15) is 97.5 Å². The van der Waals surface area contributed by atoms with Crippen LogP contribution in [0.2, 0.25) is 0 Å². The zero-order chi connectivity index (χ0) is 55.2. The second-order valence-corrected chi connectivity index (χ2v) is 19.9. The molecule has 8 rings (SSSR count). The highest BCUT2D eigenvalue weighted by Gasteiger charge is 2.31. The number of rotatable bonds is 21. The number of anilines is 1. The second kappa shape index (κ2) is 26.7. The average Bonchev–Trinajstić information content (AvgIpc) is 4.18. The molecule has 0 saturated carbocycles. The maximum atomic E-state index is 14.0. The molecule has 0 aliphatic carbocycles. The Labute approximate surface area is 453 Å². The van der Waals surface area contributed by atoms with Gasteiger partial charge in [-0.05, 0) is 102 Å². The number of tetrazole rings is 1. The molecule has 0 aliphatic rings. The summed E-state index contributed by atoms with van der Waals surface area (Å²) < 4.78 is 17.8. The van der Waals surface area contributed by atoms with E-state index < -0.39 is 24.6 Å². The third kappa shape index (κ3) is 14.5. The van der Waals surface area contributed by atoms with E-state index in [0.29, 0.717) is 52.4 Å². The zero-order valence-electron chi connectivity index (χ0n) is 44.3. The number of carboxylic acids is 1. The van der Waals surface area contributed by atoms with Crippen molar-refractivity contribution in [2.24, 2.45) is 0 Å². The number of amides is 1. The van der Waals surface area contributed by atoms with Crippen molar-refractivity contribution in [3.8, 4) is 44.9 Å². The van der Waals surface area contributed by atoms with E-state index in [0.717, 1.165) is 69.3 Å². The van der Waals surface area contributed by atoms with Gasteiger partial charge < -0.3 is 30.1 Å². The largest absolute Gasteiger partial charge is 0.481 e. The number of carbonyl (C=O) groups excluding carboxylic acids is 1. The first-order chi connectivity index (χ1) is 37.0. The molecule has 15 nitrogen and oxygen atoms in total. The number of aromatic amines is 1. The molecule has 0 spiro atoms. The number of H-pyrrole nitrogens is 1. The number of nitrogens with zero attached hydrogens (tertiary/aromatic N) is 7. The van der Waals surface area contributed by atoms with Gasteiger partial charge in [0.15, 0.2) is 0 Å². The molecule has 0 aliphatic heterocycles. The highest BCUT2D eigenvalue weighted by Crippen LogP contribution is 2.43. The normalized spacial score (nSPS) is 11.9. The number of benzene rings is 5. The van der Waals surface area contributed by atoms with Crippen LogP contribution in [0, 0.1) is 12.7 Å². The minimum atomic E-state index is -1.18. The number of thiocarbonyl (C=S) groups is 1. The number of aromatic nitrogens is 7. The van der Waals surface area contributed by atoms with Gasteiger partial charge in [0.2, 0.25) is 5.82 Å². The summed E-state index contributed by atoms with van der Waals surface area (Å²) in [5.74, 6) is -0.559. The summed E-state index contributed by atoms with van der Waals surface area (Å²) in [7, 11) is 3.80. The predicted octanol–water partition coefficient (Wildman–Crippen LogP) is 10.5. The molecular weight excluding hydrogens is 994 g/mol. The quantitative estimate of drug-likeness (QED) is 0.0427. The van der Waals surface area contributed by atoms with Gasteiger partial charge in [0.25, 0.3) is 11.5 Å². The van der Waals surface area contributed by atoms with Crippen molar-refractivity contribution in [1.82, 2.24) is 39.6 Å². The smallest absolute Gasteiger partial charge is 0.305 e. The third-order valence-corrected chi connectivity index (χ3v) is 13.7. The lowest BCUT2D eigenvalue weighted by atomic mass is 9.94. The fourth-order valence-corrected chi connectivity index (χ4v) is 9.48. The Morgan fingerprint density at radius 1 is 0.818 bits per heavy atom. The molecule has 0 fully saturated rings. The first-order valence-corrected chi connectivity index (χ1v) is 26.2. The highest BCUT2D eigenvalue weighted by atomic mass is 32.1. The van der Waals surface area contributed by atoms with Gasteiger partial charge in [0.1, 0.15) is 11.6 Å². The molecule has 8 aromatic rings. The Morgan fingerprint density at radius 2 is 1.45 bits per heavy atom. The summed E-state index contributed by atoms with van der Waals surface area (Å²) in [6.45, 7) is 8.76. The monoisotopic (exact) mass is 1060 g/mol. The first kappa shape index (κ1) is 56.7. The Balaban J connectivity index is 0.000000225. The topological polar surface area (TPSA) is 204 Å². The van der Waals surface area contributed by atoms with Crippen molar-refractivity contribution < 1.29 is 29.3 Å². The lowest BCUT2D eigenvalue weighted by molar-refractivity contribution is -0.139. The van der Waals surface area contributed by atoms with Crippen LogP contribution in [0.15, 0.2) is 138 Å². The molecule has 0 unspecified atom stereocenters. The van der Waals surface area contributed by atoms with Gasteiger partial charge in [-0.3, -0.25) is 19.0 Å². The Morgan fingerprint density at radius 3 is 2.06 bits per heavy atom. The molecule has 3 heterocycles. The minimum Gasteiger partial charge on any atom is -0.481 e. The second-order valence-electron chi connectivity index (χ2n) is 19.4. The molecule has 1 amide bonds. The molecule has 5 N–H and O–H groups in total. The Hall–Kier alpha value is -7.99. The summed E-state index contributed by atoms with van der Waals surface area (Å²) in [6.07, 6.45) is 0.691. The molecule has 0 saturated heterocycles. The predicted molar refractivity (Wildman–Crippen MR) is 303 cm³/mol. The van der Waals surface area contributed by atoms with E-state index in [1.807, 2.05) is 134 Å². The van der Waals surface area contributed by atoms with Gasteiger partial charge in [-0.1, -0.05) is 136 Å². The number of aliphatic carboxylic acids is 1. The zero-order valence-corrected chi connectivity index (χ0v) is 45.1. The number of carboxylic acid groups (broad SMARTS) is 1. The fraction of sp³-hybridized carbons (Fsp3) is 0.300. The summed E-state index contributed by atoms with van der Waals surface area (Å²) in [5, 5.41) is 47.2. The van der Waals surface area contributed by atoms with E-state index in [1.54, 1.807) is 12.1 Å². The van der Waals surface area contributed by atoms with Crippen LogP contribution in [0.4, 0.5) is 10.1 Å². The van der Waals surface area contributed by atoms with Crippen LogP contribution in [0.3, 0.4) is 0 Å². The minimum absolute atomic E-state index is 0.00988. The third-order valence-electron chi connectivity index (χ3n) is 13.2. The summed E-state index contributed by atoms with van der Waals surface area (Å²) in [5.41, 5.74) is 10.2. The van der Waals surface area contributed by atoms with Crippen molar-refractivity contribution in [2.75, 3.05) is 19.4 Å². The molecule has 5 aromatic carbocycles. The van der Waals surface area contributed by atoms with Gasteiger partial charge in [0.05, 0.1) is 41.4 Å². The van der Waals surface area contributed by atoms with Crippen LogP contribution in [-0.4, -0.2) is 98.1 Å². The molecule has 0 bridgehead atoms. The number of para-hydroxylation sites is 1. The number of hydrogen-bond donors (Lipinski definition) is 5. The van der Waals surface area contributed by atoms with Crippen molar-refractivity contribution in [3.63, 3.8) is 0 Å². The number of aryl methyl sites for hydroxylation is 2. The maximum absolute atomic E-state index is 14.0. The number of carbonyl (C=O) groups is 2. The number of halogens is 1. The molecular formula is C60H66FN9O6S. The number of nitrogens with one attached hydrogen (secondary N) is 2. The van der Waals surface area contributed by atoms with Gasteiger partial charge in [-0.15, -0.1) is 10.2 Å². The summed E-state index contributed by atoms with van der Waals surface area (Å²) in [4.78, 5) is 46.1. The lowest BCUT2D eigenvalue weighted by Crippen LogP contribution is -2.33. The molecule has 77 heavy (non-hydrogen) atoms. The Kier molecular flexibility index (Phi) is 19.6. The number of hydrogen-bond acceptors (Lipinski definition) is 10. The van der Waals surface area contributed by atoms with Crippen LogP contribution < -0.4 is 10.9 Å². The summed E-state index contributed by atoms with van der Waals surface area (Å²) >= 11 is 5.49. The van der Waals surface area contributed by atoms with E-state index in [1.165, 1.54) is 12.1 Å². The maximum Gasteiger partial charge on any atom is 0.305 e. The van der Waals surface area contributed by atoms with E-state index in [4.69, 9.17) is 22.3 Å². The van der Waals surface area contributed by atoms with Crippen molar-refractivity contribution in [1.29, 1.82) is 0 Å². The average molecular weight is 1060 g/mol. The Bertz CT molecular complexity index is 3310. The van der Waals surface area contributed by atoms with E-state index in [-0.39, 0.29) is 42.6 Å². The number of aliphatic hydroxyl groups is 2. The van der Waals surface area contributed by atoms with E-state index in [2.05, 4.69) is 57.1 Å². The number of aliphatic hydroxyl groups excluding tert-OH is 2. The summed E-state index contributed by atoms with van der Waals surface area (Å²) in [6, 6.07) is 41.0. The molecule has 0 radical (unpaired) electrons. The van der Waals surface area contributed by atoms with Crippen LogP contribution in [0.25, 0.3) is 44.9 Å². The van der Waals surface area contributed by atoms with Gasteiger partial charge in [-0.25, -0.2) is 9.37 Å². The molecule has 400 valence electrons. The molecule has 17 heteroatoms. The fourth-order valence-electron chi connectivity index (χ4n) is 9.34. The van der Waals surface area contributed by atoms with Crippen molar-refractivity contribution in [3.05, 3.63) is 184 Å². The highest BCUT2D eigenvalue weighted by molar-refractivity contribution is 7.80. The molecule has 2 atom stereocenters.